The molecule has 0 saturated heterocycles. The summed E-state index contributed by atoms with van der Waals surface area (Å²) >= 11 is 0. The first kappa shape index (κ1) is 25.7. The molecule has 0 N–H and O–H groups in total. The summed E-state index contributed by atoms with van der Waals surface area (Å²) in [5.41, 5.74) is 0. The van der Waals surface area contributed by atoms with Crippen LogP contribution in [0, 0.1) is 0 Å². The largest absolute Gasteiger partial charge is 1.00 e. The Labute approximate surface area is 193 Å². The normalized spacial score (nSPS) is 11.5. The molecule has 124 valence electrons. The van der Waals surface area contributed by atoms with Crippen molar-refractivity contribution in [2.75, 3.05) is 6.16 Å². The van der Waals surface area contributed by atoms with Gasteiger partial charge in [-0.3, -0.25) is 0 Å². The molecule has 0 aliphatic rings. The maximum absolute atomic E-state index is 11.1. The Balaban J connectivity index is 0.00000288. The average Bonchev–Trinajstić information content (AvgIpc) is 2.47. The monoisotopic (exact) mass is 418 g/mol. The van der Waals surface area contributed by atoms with Gasteiger partial charge in [0, 0.05) is 0 Å². The first-order valence-electron chi connectivity index (χ1n) is 6.52. The summed E-state index contributed by atoms with van der Waals surface area (Å²) in [4.78, 5) is -0.660. The third kappa shape index (κ3) is 6.97. The third-order valence-electron chi connectivity index (χ3n) is 3.15. The van der Waals surface area contributed by atoms with Crippen molar-refractivity contribution in [1.29, 1.82) is 0 Å². The molecule has 6 nitrogen and oxygen atoms in total. The van der Waals surface area contributed by atoms with E-state index in [1.54, 1.807) is 12.1 Å². The molecule has 0 aliphatic carbocycles. The van der Waals surface area contributed by atoms with E-state index in [4.69, 9.17) is 0 Å². The van der Waals surface area contributed by atoms with Crippen molar-refractivity contribution >= 4 is 38.8 Å². The van der Waals surface area contributed by atoms with Crippen molar-refractivity contribution in [3.63, 3.8) is 0 Å². The fraction of sp³-hybridized carbons (Fsp3) is 0.143. The molecule has 0 aromatic heterocycles. The van der Waals surface area contributed by atoms with Gasteiger partial charge in [-0.2, -0.15) is 0 Å². The first-order valence-corrected chi connectivity index (χ1v) is 10.9. The van der Waals surface area contributed by atoms with E-state index in [9.17, 15) is 25.9 Å². The zero-order valence-corrected chi connectivity index (χ0v) is 20.6. The summed E-state index contributed by atoms with van der Waals surface area (Å²) in [5, 5.41) is 1.25. The molecular weight excluding hydrogens is 405 g/mol. The van der Waals surface area contributed by atoms with Gasteiger partial charge in [0.15, 0.2) is 0 Å². The van der Waals surface area contributed by atoms with Crippen LogP contribution in [0.2, 0.25) is 0 Å². The molecule has 0 unspecified atom stereocenters. The summed E-state index contributed by atoms with van der Waals surface area (Å²) in [6.45, 7) is 1.86. The Morgan fingerprint density at radius 3 is 1.44 bits per heavy atom. The molecule has 0 fully saturated rings. The second-order valence-electron chi connectivity index (χ2n) is 4.65. The molecule has 2 aromatic carbocycles. The zero-order chi connectivity index (χ0) is 17.3. The summed E-state index contributed by atoms with van der Waals surface area (Å²) in [6.07, 6.45) is 0.597. The van der Waals surface area contributed by atoms with E-state index < -0.39 is 28.2 Å². The molecule has 0 bridgehead atoms. The minimum Gasteiger partial charge on any atom is -0.744 e. The minimum absolute atomic E-state index is 0. The summed E-state index contributed by atoms with van der Waals surface area (Å²) in [6, 6.07) is 11.3. The minimum atomic E-state index is -4.57. The Hall–Kier alpha value is 0.690. The van der Waals surface area contributed by atoms with E-state index in [1.807, 2.05) is 6.92 Å². The summed E-state index contributed by atoms with van der Waals surface area (Å²) in [5.74, 6) is 0. The van der Waals surface area contributed by atoms with Gasteiger partial charge in [0.1, 0.15) is 20.2 Å². The van der Waals surface area contributed by atoms with E-state index in [2.05, 4.69) is 0 Å². The molecule has 0 saturated carbocycles. The molecular formula is C14H13Na2O6PS2. The standard InChI is InChI=1S/C14H15O6PS2.2Na/c1-2-21(11-5-3-7-13(9-11)22(15,16)17)12-6-4-8-14(10-12)23(18,19)20;;/h3-10H,2H2,1H3,(H,15,16,17)(H,18,19,20);;/q;2*+1/p-2. The number of hydrogen-bond donors (Lipinski definition) is 0. The van der Waals surface area contributed by atoms with Gasteiger partial charge < -0.3 is 9.11 Å². The SMILES string of the molecule is CCP(c1cccc(S(=O)(=O)[O-])c1)c1cccc(S(=O)(=O)[O-])c1.[Na+].[Na+]. The van der Waals surface area contributed by atoms with E-state index in [0.29, 0.717) is 16.8 Å². The molecule has 2 aromatic rings. The second kappa shape index (κ2) is 10.3. The van der Waals surface area contributed by atoms with Crippen molar-refractivity contribution in [3.8, 4) is 0 Å². The van der Waals surface area contributed by atoms with Crippen LogP contribution in [0.25, 0.3) is 0 Å². The van der Waals surface area contributed by atoms with Crippen LogP contribution < -0.4 is 69.7 Å². The van der Waals surface area contributed by atoms with E-state index in [1.165, 1.54) is 36.4 Å². The number of benzene rings is 2. The number of rotatable bonds is 5. The quantitative estimate of drug-likeness (QED) is 0.273. The van der Waals surface area contributed by atoms with Gasteiger partial charge >= 0.3 is 59.1 Å². The molecule has 0 heterocycles. The van der Waals surface area contributed by atoms with Gasteiger partial charge in [-0.15, -0.1) is 0 Å². The van der Waals surface area contributed by atoms with Crippen molar-refractivity contribution in [2.45, 2.75) is 16.7 Å². The van der Waals surface area contributed by atoms with Crippen LogP contribution >= 0.6 is 7.92 Å². The molecule has 0 amide bonds. The topological polar surface area (TPSA) is 114 Å². The second-order valence-corrected chi connectivity index (χ2v) is 9.93. The van der Waals surface area contributed by atoms with Crippen LogP contribution in [-0.2, 0) is 20.2 Å². The molecule has 0 radical (unpaired) electrons. The van der Waals surface area contributed by atoms with E-state index >= 15 is 0 Å². The van der Waals surface area contributed by atoms with Gasteiger partial charge in [-0.1, -0.05) is 31.2 Å². The fourth-order valence-electron chi connectivity index (χ4n) is 2.13. The van der Waals surface area contributed by atoms with Crippen LogP contribution in [-0.4, -0.2) is 32.1 Å². The van der Waals surface area contributed by atoms with Crippen molar-refractivity contribution < 1.29 is 85.1 Å². The maximum Gasteiger partial charge on any atom is 1.00 e. The maximum atomic E-state index is 11.1. The summed E-state index contributed by atoms with van der Waals surface area (Å²) in [7, 11) is -10.2. The molecule has 11 heteroatoms. The first-order chi connectivity index (χ1) is 10.6. The van der Waals surface area contributed by atoms with Crippen LogP contribution in [0.4, 0.5) is 0 Å². The van der Waals surface area contributed by atoms with Crippen LogP contribution in [0.1, 0.15) is 6.92 Å². The van der Waals surface area contributed by atoms with Crippen molar-refractivity contribution in [2.24, 2.45) is 0 Å². The smallest absolute Gasteiger partial charge is 0.744 e. The summed E-state index contributed by atoms with van der Waals surface area (Å²) < 4.78 is 66.9. The Morgan fingerprint density at radius 1 is 0.800 bits per heavy atom. The fourth-order valence-corrected chi connectivity index (χ4v) is 5.49. The molecule has 0 aliphatic heterocycles. The van der Waals surface area contributed by atoms with Gasteiger partial charge in [-0.25, -0.2) is 16.8 Å². The predicted octanol–water partition coefficient (Wildman–Crippen LogP) is -5.04. The molecule has 2 rings (SSSR count). The van der Waals surface area contributed by atoms with Gasteiger partial charge in [0.2, 0.25) is 0 Å². The van der Waals surface area contributed by atoms with Gasteiger partial charge in [0.25, 0.3) is 0 Å². The average molecular weight is 418 g/mol. The van der Waals surface area contributed by atoms with Crippen LogP contribution in [0.3, 0.4) is 0 Å². The Kier molecular flexibility index (Phi) is 10.6. The Bertz CT molecular complexity index is 856. The van der Waals surface area contributed by atoms with E-state index in [0.717, 1.165) is 0 Å². The van der Waals surface area contributed by atoms with Gasteiger partial charge in [0.05, 0.1) is 9.79 Å². The molecule has 0 atom stereocenters. The zero-order valence-electron chi connectivity index (χ0n) is 14.0. The van der Waals surface area contributed by atoms with Gasteiger partial charge in [-0.05, 0) is 49.0 Å². The number of hydrogen-bond acceptors (Lipinski definition) is 6. The Morgan fingerprint density at radius 2 is 1.16 bits per heavy atom. The molecule has 25 heavy (non-hydrogen) atoms. The van der Waals surface area contributed by atoms with E-state index in [-0.39, 0.29) is 68.9 Å². The van der Waals surface area contributed by atoms with Crippen LogP contribution in [0.5, 0.6) is 0 Å². The van der Waals surface area contributed by atoms with Crippen molar-refractivity contribution in [3.05, 3.63) is 48.5 Å². The van der Waals surface area contributed by atoms with Crippen LogP contribution in [0.15, 0.2) is 58.3 Å². The van der Waals surface area contributed by atoms with Crippen molar-refractivity contribution in [1.82, 2.24) is 0 Å². The third-order valence-corrected chi connectivity index (χ3v) is 7.25. The predicted molar refractivity (Wildman–Crippen MR) is 85.5 cm³/mol. The molecule has 0 spiro atoms.